The number of thiazole rings is 2. The van der Waals surface area contributed by atoms with Crippen LogP contribution in [0.25, 0.3) is 25.7 Å². The molecular formula is C61H82FN9O10S2. The van der Waals surface area contributed by atoms with E-state index in [4.69, 9.17) is 16.0 Å². The zero-order chi connectivity index (χ0) is 61.4. The average Bonchev–Trinajstić information content (AvgIpc) is 3.41. The molecular weight excluding hydrogens is 1100 g/mol. The third kappa shape index (κ3) is 15.8. The Labute approximate surface area is 494 Å². The number of amides is 6. The van der Waals surface area contributed by atoms with Crippen molar-refractivity contribution in [2.45, 2.75) is 207 Å². The van der Waals surface area contributed by atoms with E-state index in [1.54, 1.807) is 54.5 Å². The number of carbonyl (C=O) groups excluding carboxylic acids is 6. The van der Waals surface area contributed by atoms with E-state index in [0.29, 0.717) is 24.3 Å². The molecule has 0 bridgehead atoms. The summed E-state index contributed by atoms with van der Waals surface area (Å²) in [4.78, 5) is 96.7. The number of alkyl halides is 1. The number of benzene rings is 2. The number of hydrogen-bond acceptors (Lipinski definition) is 14. The molecule has 2 aromatic heterocycles. The molecule has 2 aliphatic carbocycles. The van der Waals surface area contributed by atoms with Crippen LogP contribution in [-0.4, -0.2) is 137 Å². The summed E-state index contributed by atoms with van der Waals surface area (Å²) in [5.41, 5.74) is 3.49. The zero-order valence-corrected chi connectivity index (χ0v) is 51.9. The summed E-state index contributed by atoms with van der Waals surface area (Å²) in [6, 6.07) is 7.78. The highest BCUT2D eigenvalue weighted by molar-refractivity contribution is 7.13. The number of β-amino-alcohol motifs (C(OH)–C–C–N with tert-alkyl or cyclic N) is 2. The molecule has 4 aromatic rings. The van der Waals surface area contributed by atoms with Crippen molar-refractivity contribution in [1.82, 2.24) is 41.0 Å². The van der Waals surface area contributed by atoms with Gasteiger partial charge in [-0.2, -0.15) is 0 Å². The van der Waals surface area contributed by atoms with Crippen LogP contribution in [0.15, 0.2) is 47.4 Å². The molecule has 83 heavy (non-hydrogen) atoms. The predicted molar refractivity (Wildman–Crippen MR) is 316 cm³/mol. The maximum atomic E-state index is 14.4. The van der Waals surface area contributed by atoms with E-state index in [9.17, 15) is 43.4 Å². The number of nitrogens with one attached hydrogen (secondary N) is 4. The average molecular weight is 1180 g/mol. The Morgan fingerprint density at radius 3 is 1.36 bits per heavy atom. The van der Waals surface area contributed by atoms with Crippen molar-refractivity contribution in [3.05, 3.63) is 81.4 Å². The van der Waals surface area contributed by atoms with Crippen LogP contribution in [-0.2, 0) is 41.9 Å². The third-order valence-electron chi connectivity index (χ3n) is 14.9. The minimum absolute atomic E-state index is 0.0192. The van der Waals surface area contributed by atoms with E-state index < -0.39 is 105 Å². The Morgan fingerprint density at radius 1 is 0.663 bits per heavy atom. The van der Waals surface area contributed by atoms with Gasteiger partial charge in [-0.25, -0.2) is 20.9 Å². The molecule has 2 saturated carbocycles. The minimum Gasteiger partial charge on any atom is -0.488 e. The van der Waals surface area contributed by atoms with E-state index in [1.807, 2.05) is 113 Å². The largest absolute Gasteiger partial charge is 0.488 e. The highest BCUT2D eigenvalue weighted by Gasteiger charge is 2.60. The van der Waals surface area contributed by atoms with E-state index in [0.717, 1.165) is 43.4 Å². The van der Waals surface area contributed by atoms with Crippen LogP contribution in [0.1, 0.15) is 144 Å². The van der Waals surface area contributed by atoms with E-state index in [2.05, 4.69) is 36.1 Å². The molecule has 6 atom stereocenters. The number of carbonyl (C=O) groups is 6. The van der Waals surface area contributed by atoms with Gasteiger partial charge in [-0.15, -0.1) is 22.7 Å². The quantitative estimate of drug-likeness (QED) is 0.0590. The maximum Gasteiger partial charge on any atom is 0.309 e. The van der Waals surface area contributed by atoms with Crippen molar-refractivity contribution in [2.75, 3.05) is 13.1 Å². The molecule has 6 amide bonds. The number of ether oxygens (including phenoxy) is 2. The van der Waals surface area contributed by atoms with Crippen LogP contribution in [0.5, 0.6) is 11.5 Å². The van der Waals surface area contributed by atoms with Crippen molar-refractivity contribution < 1.29 is 52.8 Å². The van der Waals surface area contributed by atoms with Crippen molar-refractivity contribution in [3.8, 4) is 32.4 Å². The van der Waals surface area contributed by atoms with Gasteiger partial charge in [-0.3, -0.25) is 33.6 Å². The topological polar surface area (TPSA) is 246 Å². The number of hydrogen-bond donors (Lipinski definition) is 6. The van der Waals surface area contributed by atoms with Crippen molar-refractivity contribution in [2.24, 2.45) is 10.8 Å². The van der Waals surface area contributed by atoms with Crippen LogP contribution in [0.4, 0.5) is 4.39 Å². The van der Waals surface area contributed by atoms with Crippen molar-refractivity contribution in [1.29, 1.82) is 0 Å². The maximum absolute atomic E-state index is 14.4. The Bertz CT molecular complexity index is 3120. The number of rotatable bonds is 16. The number of aliphatic hydroxyl groups excluding tert-OH is 2. The second-order valence-electron chi connectivity index (χ2n) is 26.5. The van der Waals surface area contributed by atoms with Gasteiger partial charge >= 0.3 is 11.4 Å². The van der Waals surface area contributed by atoms with Gasteiger partial charge in [0.2, 0.25) is 23.6 Å². The lowest BCUT2D eigenvalue weighted by molar-refractivity contribution is -0.145. The first-order chi connectivity index (χ1) is 38.5. The monoisotopic (exact) mass is 1180 g/mol. The number of aromatic nitrogens is 2. The summed E-state index contributed by atoms with van der Waals surface area (Å²) in [5.74, 6) is -1.81. The summed E-state index contributed by atoms with van der Waals surface area (Å²) in [6.45, 7) is 34.0. The Hall–Kier alpha value is -6.54. The fraction of sp³-hybridized carbons (Fsp3) is 0.590. The molecule has 2 unspecified atom stereocenters. The highest BCUT2D eigenvalue weighted by Crippen LogP contribution is 2.42. The van der Waals surface area contributed by atoms with Gasteiger partial charge in [0, 0.05) is 63.0 Å². The van der Waals surface area contributed by atoms with Crippen LogP contribution in [0, 0.1) is 31.2 Å². The van der Waals surface area contributed by atoms with Gasteiger partial charge in [-0.05, 0) is 102 Å². The normalized spacial score (nSPS) is 20.6. The number of likely N-dealkylation sites (tertiary alicyclic amines) is 2. The second kappa shape index (κ2) is 24.6. The number of aryl methyl sites for hydroxylation is 2. The lowest BCUT2D eigenvalue weighted by Gasteiger charge is -2.35. The fourth-order valence-corrected chi connectivity index (χ4v) is 11.5. The smallest absolute Gasteiger partial charge is 0.309 e. The van der Waals surface area contributed by atoms with Crippen LogP contribution in [0.2, 0.25) is 0 Å². The number of halogens is 1. The van der Waals surface area contributed by atoms with Crippen molar-refractivity contribution >= 4 is 58.1 Å². The lowest BCUT2D eigenvalue weighted by Crippen LogP contribution is -2.59. The first-order valence-electron chi connectivity index (χ1n) is 28.2. The molecule has 0 radical (unpaired) electrons. The van der Waals surface area contributed by atoms with Crippen LogP contribution >= 0.6 is 22.7 Å². The minimum atomic E-state index is -1.94. The SMILES string of the molecule is Cc1ncsc1-c1ccc(CNC(=O)[C@@H]2C[C@@H](O)CN2C(=O)C(NC(=O)C2(F)CC2)C(C)(C)C)c(OC(C)(C)C)c1.[C-]#[N+]C1(C(=O)NC(C(=O)N2C[C@H](O)C[C@H]2C(=O)NCc2ccc(-c3scnc3C)cc2OC(C)(C)C)C(C)(C)C)CC1. The van der Waals surface area contributed by atoms with Gasteiger partial charge in [-0.1, -0.05) is 65.8 Å². The molecule has 2 aliphatic heterocycles. The standard InChI is InChI=1S/C31H41N5O5S.C30H41FN4O5S/c1-18-24(42-17-34-18)19-9-10-20(23(13-19)41-30(5,6)7)15-33-26(38)22-14-21(37)16-36(22)27(39)25(29(2,3)4)35-28(40)31(32-8)11-12-31;1-17-23(41-16-33-17)18-8-9-19(22(12-18)40-29(5,6)7)14-32-25(37)21-13-20(36)15-35(21)26(38)24(28(2,3)4)34-27(39)30(31)10-11-30/h9-10,13,17,21-22,25,37H,11-12,14-16H2,1-7H3,(H,33,38)(H,35,40);8-9,12,16,20-21,24,36H,10-11,13-15H2,1-7H3,(H,32,37)(H,34,39)/t21-,22+,25?;20-,21+,24?/m11/s1. The fourth-order valence-electron chi connectivity index (χ4n) is 9.90. The lowest BCUT2D eigenvalue weighted by atomic mass is 9.85. The number of aliphatic hydroxyl groups is 2. The molecule has 2 aromatic carbocycles. The number of nitrogens with zero attached hydrogens (tertiary/aromatic N) is 5. The van der Waals surface area contributed by atoms with E-state index >= 15 is 0 Å². The predicted octanol–water partition coefficient (Wildman–Crippen LogP) is 7.76. The molecule has 8 rings (SSSR count). The molecule has 6 N–H and O–H groups in total. The second-order valence-corrected chi connectivity index (χ2v) is 28.2. The first-order valence-corrected chi connectivity index (χ1v) is 30.0. The van der Waals surface area contributed by atoms with Crippen LogP contribution in [0.3, 0.4) is 0 Å². The van der Waals surface area contributed by atoms with Crippen LogP contribution < -0.4 is 30.7 Å². The molecule has 2 saturated heterocycles. The summed E-state index contributed by atoms with van der Waals surface area (Å²) in [5, 5.41) is 32.1. The molecule has 4 fully saturated rings. The Balaban J connectivity index is 0.000000239. The molecule has 4 heterocycles. The summed E-state index contributed by atoms with van der Waals surface area (Å²) in [6.07, 6.45) is -0.441. The third-order valence-corrected chi connectivity index (χ3v) is 16.8. The Kier molecular flexibility index (Phi) is 19.0. The van der Waals surface area contributed by atoms with E-state index in [-0.39, 0.29) is 51.9 Å². The Morgan fingerprint density at radius 2 is 1.05 bits per heavy atom. The molecule has 19 nitrogen and oxygen atoms in total. The summed E-state index contributed by atoms with van der Waals surface area (Å²) < 4.78 is 26.9. The zero-order valence-electron chi connectivity index (χ0n) is 50.2. The van der Waals surface area contributed by atoms with Gasteiger partial charge in [0.1, 0.15) is 46.9 Å². The summed E-state index contributed by atoms with van der Waals surface area (Å²) in [7, 11) is 0. The van der Waals surface area contributed by atoms with Gasteiger partial charge in [0.05, 0.1) is 44.4 Å². The molecule has 22 heteroatoms. The summed E-state index contributed by atoms with van der Waals surface area (Å²) >= 11 is 3.09. The van der Waals surface area contributed by atoms with Gasteiger partial charge < -0.3 is 50.8 Å². The van der Waals surface area contributed by atoms with Gasteiger partial charge in [0.15, 0.2) is 5.67 Å². The first kappa shape index (κ1) is 64.0. The van der Waals surface area contributed by atoms with Crippen molar-refractivity contribution in [3.63, 3.8) is 0 Å². The van der Waals surface area contributed by atoms with Gasteiger partial charge in [0.25, 0.3) is 5.91 Å². The van der Waals surface area contributed by atoms with E-state index in [1.165, 1.54) is 9.80 Å². The highest BCUT2D eigenvalue weighted by atomic mass is 32.1. The molecule has 4 aliphatic rings. The molecule has 450 valence electrons. The molecule has 0 spiro atoms.